The fourth-order valence-corrected chi connectivity index (χ4v) is 3.89. The van der Waals surface area contributed by atoms with Crippen molar-refractivity contribution >= 4 is 63.4 Å². The highest BCUT2D eigenvalue weighted by Crippen LogP contribution is 2.33. The monoisotopic (exact) mass is 445 g/mol. The van der Waals surface area contributed by atoms with Gasteiger partial charge in [-0.2, -0.15) is 0 Å². The number of aromatic carboxylic acids is 1. The molecule has 1 aromatic heterocycles. The van der Waals surface area contributed by atoms with Crippen molar-refractivity contribution in [3.63, 3.8) is 0 Å². The Kier molecular flexibility index (Phi) is 6.70. The molecule has 3 aromatic rings. The molecule has 1 amide bonds. The highest BCUT2D eigenvalue weighted by molar-refractivity contribution is 6.39. The van der Waals surface area contributed by atoms with Crippen LogP contribution in [0.5, 0.6) is 0 Å². The largest absolute Gasteiger partial charge is 0.477 e. The lowest BCUT2D eigenvalue weighted by Crippen LogP contribution is -2.21. The number of H-pyrrole nitrogens is 1. The van der Waals surface area contributed by atoms with E-state index < -0.39 is 5.97 Å². The van der Waals surface area contributed by atoms with E-state index in [0.29, 0.717) is 32.2 Å². The molecule has 8 heteroatoms. The number of aromatic nitrogens is 1. The topological polar surface area (TPSA) is 85.4 Å². The van der Waals surface area contributed by atoms with Gasteiger partial charge in [0, 0.05) is 52.0 Å². The van der Waals surface area contributed by atoms with E-state index in [-0.39, 0.29) is 11.6 Å². The van der Waals surface area contributed by atoms with Crippen LogP contribution in [-0.4, -0.2) is 35.1 Å². The first-order valence-electron chi connectivity index (χ1n) is 9.42. The van der Waals surface area contributed by atoms with Crippen molar-refractivity contribution in [3.8, 4) is 0 Å². The first-order valence-corrected chi connectivity index (χ1v) is 10.2. The minimum atomic E-state index is -1.16. The number of nitrogens with one attached hydrogen (secondary N) is 2. The Balaban J connectivity index is 1.83. The predicted octanol–water partition coefficient (Wildman–Crippen LogP) is 5.67. The van der Waals surface area contributed by atoms with Crippen LogP contribution in [0.15, 0.2) is 42.5 Å². The van der Waals surface area contributed by atoms with Gasteiger partial charge in [0.05, 0.1) is 5.02 Å². The average molecular weight is 446 g/mol. The molecule has 6 nitrogen and oxygen atoms in total. The Morgan fingerprint density at radius 2 is 1.80 bits per heavy atom. The Morgan fingerprint density at radius 1 is 1.13 bits per heavy atom. The molecule has 3 rings (SSSR count). The SMILES string of the molecule is CCN(CC)c1ccc(NC(=O)/C=C/c2c(C(=O)O)[nH]c3cc(Cl)cc(Cl)c23)cc1. The fourth-order valence-electron chi connectivity index (χ4n) is 3.30. The van der Waals surface area contributed by atoms with Crippen LogP contribution in [-0.2, 0) is 4.79 Å². The van der Waals surface area contributed by atoms with Crippen molar-refractivity contribution in [2.75, 3.05) is 23.3 Å². The maximum Gasteiger partial charge on any atom is 0.352 e. The van der Waals surface area contributed by atoms with Crippen molar-refractivity contribution in [2.45, 2.75) is 13.8 Å². The van der Waals surface area contributed by atoms with Gasteiger partial charge in [-0.05, 0) is 56.3 Å². The van der Waals surface area contributed by atoms with E-state index in [4.69, 9.17) is 23.2 Å². The quantitative estimate of drug-likeness (QED) is 0.408. The van der Waals surface area contributed by atoms with Crippen molar-refractivity contribution in [1.82, 2.24) is 4.98 Å². The van der Waals surface area contributed by atoms with Gasteiger partial charge in [-0.3, -0.25) is 4.79 Å². The van der Waals surface area contributed by atoms with Gasteiger partial charge in [-0.15, -0.1) is 0 Å². The molecular weight excluding hydrogens is 425 g/mol. The first kappa shape index (κ1) is 21.7. The highest BCUT2D eigenvalue weighted by Gasteiger charge is 2.18. The summed E-state index contributed by atoms with van der Waals surface area (Å²) in [7, 11) is 0. The normalized spacial score (nSPS) is 11.2. The van der Waals surface area contributed by atoms with Gasteiger partial charge in [-0.1, -0.05) is 23.2 Å². The first-order chi connectivity index (χ1) is 14.3. The number of carboxylic acids is 1. The second-order valence-electron chi connectivity index (χ2n) is 6.57. The van der Waals surface area contributed by atoms with Crippen LogP contribution >= 0.6 is 23.2 Å². The highest BCUT2D eigenvalue weighted by atomic mass is 35.5. The van der Waals surface area contributed by atoms with Gasteiger partial charge < -0.3 is 20.3 Å². The number of aromatic amines is 1. The minimum absolute atomic E-state index is 0.0678. The Labute approximate surface area is 184 Å². The third-order valence-corrected chi connectivity index (χ3v) is 5.25. The number of anilines is 2. The molecule has 0 saturated carbocycles. The number of carbonyl (C=O) groups excluding carboxylic acids is 1. The minimum Gasteiger partial charge on any atom is -0.477 e. The summed E-state index contributed by atoms with van der Waals surface area (Å²) in [6.07, 6.45) is 2.71. The Morgan fingerprint density at radius 3 is 2.40 bits per heavy atom. The molecule has 0 fully saturated rings. The average Bonchev–Trinajstić information content (AvgIpc) is 3.07. The summed E-state index contributed by atoms with van der Waals surface area (Å²) in [5, 5.41) is 13.4. The number of hydrogen-bond donors (Lipinski definition) is 3. The molecule has 30 heavy (non-hydrogen) atoms. The molecular formula is C22H21Cl2N3O3. The lowest BCUT2D eigenvalue weighted by molar-refractivity contribution is -0.111. The molecule has 2 aromatic carbocycles. The van der Waals surface area contributed by atoms with Crippen molar-refractivity contribution in [2.24, 2.45) is 0 Å². The van der Waals surface area contributed by atoms with Crippen LogP contribution in [0.4, 0.5) is 11.4 Å². The van der Waals surface area contributed by atoms with E-state index in [1.165, 1.54) is 18.2 Å². The number of halogens is 2. The number of nitrogens with zero attached hydrogens (tertiary/aromatic N) is 1. The molecule has 3 N–H and O–H groups in total. The summed E-state index contributed by atoms with van der Waals surface area (Å²) in [6, 6.07) is 10.7. The Hall–Kier alpha value is -2.96. The zero-order valence-electron chi connectivity index (χ0n) is 16.5. The van der Waals surface area contributed by atoms with E-state index in [1.54, 1.807) is 6.07 Å². The van der Waals surface area contributed by atoms with Crippen molar-refractivity contribution in [1.29, 1.82) is 0 Å². The predicted molar refractivity (Wildman–Crippen MR) is 123 cm³/mol. The van der Waals surface area contributed by atoms with Gasteiger partial charge in [0.1, 0.15) is 5.69 Å². The molecule has 0 radical (unpaired) electrons. The zero-order valence-corrected chi connectivity index (χ0v) is 18.0. The van der Waals surface area contributed by atoms with Crippen LogP contribution in [0, 0.1) is 0 Å². The lowest BCUT2D eigenvalue weighted by Gasteiger charge is -2.21. The van der Waals surface area contributed by atoms with Crippen LogP contribution in [0.3, 0.4) is 0 Å². The van der Waals surface area contributed by atoms with E-state index in [2.05, 4.69) is 29.0 Å². The summed E-state index contributed by atoms with van der Waals surface area (Å²) < 4.78 is 0. The van der Waals surface area contributed by atoms with Crippen LogP contribution in [0.25, 0.3) is 17.0 Å². The van der Waals surface area contributed by atoms with E-state index in [1.807, 2.05) is 24.3 Å². The third-order valence-electron chi connectivity index (χ3n) is 4.73. The number of rotatable bonds is 7. The molecule has 0 atom stereocenters. The smallest absolute Gasteiger partial charge is 0.352 e. The summed E-state index contributed by atoms with van der Waals surface area (Å²) >= 11 is 12.3. The zero-order chi connectivity index (χ0) is 21.8. The summed E-state index contributed by atoms with van der Waals surface area (Å²) in [4.78, 5) is 29.0. The summed E-state index contributed by atoms with van der Waals surface area (Å²) in [5.41, 5.74) is 2.44. The fraction of sp³-hybridized carbons (Fsp3) is 0.182. The second-order valence-corrected chi connectivity index (χ2v) is 7.41. The van der Waals surface area contributed by atoms with Crippen LogP contribution < -0.4 is 10.2 Å². The van der Waals surface area contributed by atoms with E-state index >= 15 is 0 Å². The van der Waals surface area contributed by atoms with Gasteiger partial charge in [-0.25, -0.2) is 4.79 Å². The van der Waals surface area contributed by atoms with Gasteiger partial charge in [0.2, 0.25) is 5.91 Å². The van der Waals surface area contributed by atoms with Crippen LogP contribution in [0.2, 0.25) is 10.0 Å². The molecule has 0 unspecified atom stereocenters. The molecule has 0 spiro atoms. The molecule has 0 saturated heterocycles. The number of benzene rings is 2. The lowest BCUT2D eigenvalue weighted by atomic mass is 10.1. The molecule has 0 aliphatic heterocycles. The molecule has 0 aliphatic rings. The van der Waals surface area contributed by atoms with Gasteiger partial charge in [0.25, 0.3) is 0 Å². The van der Waals surface area contributed by atoms with Crippen molar-refractivity contribution < 1.29 is 14.7 Å². The maximum atomic E-state index is 12.4. The number of hydrogen-bond acceptors (Lipinski definition) is 3. The van der Waals surface area contributed by atoms with Crippen LogP contribution in [0.1, 0.15) is 29.9 Å². The standard InChI is InChI=1S/C22H21Cl2N3O3/c1-3-27(4-2)15-7-5-14(6-8-15)25-19(28)10-9-16-20-17(24)11-13(23)12-18(20)26-21(16)22(29)30/h5-12,26H,3-4H2,1-2H3,(H,25,28)(H,29,30)/b10-9+. The summed E-state index contributed by atoms with van der Waals surface area (Å²) in [6.45, 7) is 5.96. The molecule has 1 heterocycles. The second kappa shape index (κ2) is 9.24. The molecule has 0 bridgehead atoms. The van der Waals surface area contributed by atoms with Crippen molar-refractivity contribution in [3.05, 3.63) is 63.8 Å². The molecule has 0 aliphatic carbocycles. The Bertz CT molecular complexity index is 1120. The number of amides is 1. The summed E-state index contributed by atoms with van der Waals surface area (Å²) in [5.74, 6) is -1.55. The van der Waals surface area contributed by atoms with E-state index in [0.717, 1.165) is 18.8 Å². The number of carboxylic acid groups (broad SMARTS) is 1. The number of fused-ring (bicyclic) bond motifs is 1. The van der Waals surface area contributed by atoms with Gasteiger partial charge in [0.15, 0.2) is 0 Å². The molecule has 156 valence electrons. The van der Waals surface area contributed by atoms with Gasteiger partial charge >= 0.3 is 5.97 Å². The maximum absolute atomic E-state index is 12.4. The van der Waals surface area contributed by atoms with E-state index in [9.17, 15) is 14.7 Å². The number of carbonyl (C=O) groups is 2. The third kappa shape index (κ3) is 4.61.